The Kier molecular flexibility index (Phi) is 3.77. The summed E-state index contributed by atoms with van der Waals surface area (Å²) in [5.74, 6) is 1.56. The summed E-state index contributed by atoms with van der Waals surface area (Å²) in [6.07, 6.45) is 0. The molecule has 3 rings (SSSR count). The van der Waals surface area contributed by atoms with Crippen LogP contribution in [0.2, 0.25) is 0 Å². The number of benzene rings is 1. The van der Waals surface area contributed by atoms with Gasteiger partial charge in [0.05, 0.1) is 0 Å². The molecule has 1 aromatic heterocycles. The van der Waals surface area contributed by atoms with E-state index >= 15 is 0 Å². The Labute approximate surface area is 134 Å². The molecular formula is C16H18N4O3. The number of fused-ring (bicyclic) bond motifs is 1. The van der Waals surface area contributed by atoms with Crippen LogP contribution in [0.1, 0.15) is 31.3 Å². The van der Waals surface area contributed by atoms with Crippen LogP contribution in [-0.4, -0.2) is 28.4 Å². The molecule has 7 heteroatoms. The lowest BCUT2D eigenvalue weighted by atomic mass is 10.1. The maximum Gasteiger partial charge on any atom is 0.276 e. The first kappa shape index (κ1) is 15.1. The van der Waals surface area contributed by atoms with E-state index in [-0.39, 0.29) is 23.9 Å². The summed E-state index contributed by atoms with van der Waals surface area (Å²) in [5, 5.41) is 13.9. The Morgan fingerprint density at radius 2 is 1.87 bits per heavy atom. The molecule has 0 spiro atoms. The van der Waals surface area contributed by atoms with Crippen molar-refractivity contribution in [2.45, 2.75) is 26.3 Å². The zero-order valence-electron chi connectivity index (χ0n) is 13.2. The Bertz CT molecular complexity index is 723. The van der Waals surface area contributed by atoms with Gasteiger partial charge < -0.3 is 20.1 Å². The summed E-state index contributed by atoms with van der Waals surface area (Å²) in [7, 11) is 0. The van der Waals surface area contributed by atoms with E-state index in [1.165, 1.54) is 0 Å². The highest BCUT2D eigenvalue weighted by Crippen LogP contribution is 2.34. The Morgan fingerprint density at radius 1 is 1.09 bits per heavy atom. The zero-order valence-corrected chi connectivity index (χ0v) is 13.2. The highest BCUT2D eigenvalue weighted by atomic mass is 16.7. The van der Waals surface area contributed by atoms with Gasteiger partial charge in [0.25, 0.3) is 5.91 Å². The van der Waals surface area contributed by atoms with E-state index in [0.717, 1.165) is 0 Å². The van der Waals surface area contributed by atoms with Crippen LogP contribution in [0, 0.1) is 0 Å². The van der Waals surface area contributed by atoms with E-state index in [0.29, 0.717) is 23.0 Å². The average molecular weight is 314 g/mol. The highest BCUT2D eigenvalue weighted by Gasteiger charge is 2.16. The molecule has 1 amide bonds. The second kappa shape index (κ2) is 5.75. The van der Waals surface area contributed by atoms with Crippen LogP contribution >= 0.6 is 0 Å². The predicted octanol–water partition coefficient (Wildman–Crippen LogP) is 2.67. The van der Waals surface area contributed by atoms with E-state index in [2.05, 4.69) is 20.8 Å². The molecule has 0 unspecified atom stereocenters. The number of carbonyl (C=O) groups excluding carboxylic acids is 1. The Hall–Kier alpha value is -2.83. The average Bonchev–Trinajstić information content (AvgIpc) is 2.94. The third-order valence-electron chi connectivity index (χ3n) is 3.03. The number of aromatic nitrogens is 2. The normalized spacial score (nSPS) is 12.8. The molecule has 0 radical (unpaired) electrons. The van der Waals surface area contributed by atoms with Gasteiger partial charge in [-0.1, -0.05) is 0 Å². The van der Waals surface area contributed by atoms with Gasteiger partial charge in [-0.25, -0.2) is 0 Å². The van der Waals surface area contributed by atoms with Gasteiger partial charge in [-0.3, -0.25) is 4.79 Å². The fourth-order valence-electron chi connectivity index (χ4n) is 2.07. The van der Waals surface area contributed by atoms with Crippen molar-refractivity contribution in [1.82, 2.24) is 10.2 Å². The van der Waals surface area contributed by atoms with Gasteiger partial charge in [0.1, 0.15) is 5.82 Å². The fraction of sp³-hybridized carbons (Fsp3) is 0.312. The van der Waals surface area contributed by atoms with Gasteiger partial charge in [0.2, 0.25) is 6.79 Å². The van der Waals surface area contributed by atoms with Crippen LogP contribution in [-0.2, 0) is 0 Å². The minimum Gasteiger partial charge on any atom is -0.454 e. The third kappa shape index (κ3) is 3.68. The standard InChI is InChI=1S/C16H18N4O3/c1-16(2,3)18-14-7-5-11(19-20-14)15(21)17-10-4-6-12-13(8-10)23-9-22-12/h4-8H,9H2,1-3H3,(H,17,21)(H,18,20). The van der Waals surface area contributed by atoms with Gasteiger partial charge in [0, 0.05) is 17.3 Å². The number of amides is 1. The number of nitrogens with one attached hydrogen (secondary N) is 2. The number of nitrogens with zero attached hydrogens (tertiary/aromatic N) is 2. The number of carbonyl (C=O) groups is 1. The lowest BCUT2D eigenvalue weighted by Gasteiger charge is -2.20. The Morgan fingerprint density at radius 3 is 2.57 bits per heavy atom. The maximum absolute atomic E-state index is 12.2. The van der Waals surface area contributed by atoms with Crippen LogP contribution in [0.3, 0.4) is 0 Å². The molecule has 23 heavy (non-hydrogen) atoms. The second-order valence-corrected chi connectivity index (χ2v) is 6.20. The number of hydrogen-bond donors (Lipinski definition) is 2. The van der Waals surface area contributed by atoms with Crippen molar-refractivity contribution in [3.05, 3.63) is 36.0 Å². The van der Waals surface area contributed by atoms with Crippen molar-refractivity contribution in [3.8, 4) is 11.5 Å². The Balaban J connectivity index is 1.68. The predicted molar refractivity (Wildman–Crippen MR) is 85.9 cm³/mol. The summed E-state index contributed by atoms with van der Waals surface area (Å²) in [5.41, 5.74) is 0.727. The van der Waals surface area contributed by atoms with E-state index < -0.39 is 0 Å². The lowest BCUT2D eigenvalue weighted by Crippen LogP contribution is -2.27. The van der Waals surface area contributed by atoms with Crippen molar-refractivity contribution >= 4 is 17.4 Å². The third-order valence-corrected chi connectivity index (χ3v) is 3.03. The van der Waals surface area contributed by atoms with Crippen LogP contribution < -0.4 is 20.1 Å². The fourth-order valence-corrected chi connectivity index (χ4v) is 2.07. The molecule has 1 aliphatic heterocycles. The first-order valence-corrected chi connectivity index (χ1v) is 7.24. The molecule has 0 bridgehead atoms. The summed E-state index contributed by atoms with van der Waals surface area (Å²) in [6.45, 7) is 6.26. The molecule has 0 fully saturated rings. The number of ether oxygens (including phenoxy) is 2. The zero-order chi connectivity index (χ0) is 16.4. The minimum atomic E-state index is -0.335. The first-order chi connectivity index (χ1) is 10.9. The molecule has 2 aromatic rings. The lowest BCUT2D eigenvalue weighted by molar-refractivity contribution is 0.102. The van der Waals surface area contributed by atoms with Crippen molar-refractivity contribution in [2.24, 2.45) is 0 Å². The quantitative estimate of drug-likeness (QED) is 0.906. The van der Waals surface area contributed by atoms with Crippen molar-refractivity contribution in [1.29, 1.82) is 0 Å². The molecule has 0 saturated carbocycles. The monoisotopic (exact) mass is 314 g/mol. The molecule has 2 N–H and O–H groups in total. The van der Waals surface area contributed by atoms with E-state index in [9.17, 15) is 4.79 Å². The van der Waals surface area contributed by atoms with E-state index in [4.69, 9.17) is 9.47 Å². The van der Waals surface area contributed by atoms with Crippen LogP contribution in [0.5, 0.6) is 11.5 Å². The molecule has 0 saturated heterocycles. The largest absolute Gasteiger partial charge is 0.454 e. The summed E-state index contributed by atoms with van der Waals surface area (Å²) >= 11 is 0. The van der Waals surface area contributed by atoms with Crippen LogP contribution in [0.4, 0.5) is 11.5 Å². The number of anilines is 2. The summed E-state index contributed by atoms with van der Waals surface area (Å²) in [4.78, 5) is 12.2. The molecule has 1 aromatic carbocycles. The van der Waals surface area contributed by atoms with Crippen molar-refractivity contribution in [3.63, 3.8) is 0 Å². The SMILES string of the molecule is CC(C)(C)Nc1ccc(C(=O)Nc2ccc3c(c2)OCO3)nn1. The molecule has 0 atom stereocenters. The number of rotatable bonds is 3. The smallest absolute Gasteiger partial charge is 0.276 e. The first-order valence-electron chi connectivity index (χ1n) is 7.24. The maximum atomic E-state index is 12.2. The van der Waals surface area contributed by atoms with Gasteiger partial charge >= 0.3 is 0 Å². The summed E-state index contributed by atoms with van der Waals surface area (Å²) < 4.78 is 10.5. The molecule has 7 nitrogen and oxygen atoms in total. The topological polar surface area (TPSA) is 85.4 Å². The van der Waals surface area contributed by atoms with E-state index in [1.807, 2.05) is 20.8 Å². The molecule has 120 valence electrons. The molecule has 0 aliphatic carbocycles. The molecule has 1 aliphatic rings. The van der Waals surface area contributed by atoms with E-state index in [1.54, 1.807) is 30.3 Å². The molecule has 2 heterocycles. The van der Waals surface area contributed by atoms with Gasteiger partial charge in [0.15, 0.2) is 17.2 Å². The van der Waals surface area contributed by atoms with Crippen LogP contribution in [0.15, 0.2) is 30.3 Å². The van der Waals surface area contributed by atoms with Crippen LogP contribution in [0.25, 0.3) is 0 Å². The summed E-state index contributed by atoms with van der Waals surface area (Å²) in [6, 6.07) is 8.56. The van der Waals surface area contributed by atoms with Gasteiger partial charge in [-0.2, -0.15) is 0 Å². The number of hydrogen-bond acceptors (Lipinski definition) is 6. The highest BCUT2D eigenvalue weighted by molar-refractivity contribution is 6.03. The van der Waals surface area contributed by atoms with Crippen molar-refractivity contribution < 1.29 is 14.3 Å². The van der Waals surface area contributed by atoms with Gasteiger partial charge in [-0.15, -0.1) is 10.2 Å². The minimum absolute atomic E-state index is 0.120. The van der Waals surface area contributed by atoms with Crippen molar-refractivity contribution in [2.75, 3.05) is 17.4 Å². The van der Waals surface area contributed by atoms with Gasteiger partial charge in [-0.05, 0) is 45.0 Å². The molecular weight excluding hydrogens is 296 g/mol. The second-order valence-electron chi connectivity index (χ2n) is 6.20.